The summed E-state index contributed by atoms with van der Waals surface area (Å²) < 4.78 is 21.8. The number of nitrogens with zero attached hydrogens (tertiary/aromatic N) is 1. The summed E-state index contributed by atoms with van der Waals surface area (Å²) in [5, 5.41) is 9.32. The Morgan fingerprint density at radius 1 is 1.33 bits per heavy atom. The lowest BCUT2D eigenvalue weighted by Crippen LogP contribution is -2.22. The maximum Gasteiger partial charge on any atom is 0.358 e. The lowest BCUT2D eigenvalue weighted by Gasteiger charge is -2.22. The van der Waals surface area contributed by atoms with Crippen molar-refractivity contribution in [1.29, 1.82) is 0 Å². The quantitative estimate of drug-likeness (QED) is 0.868. The molecule has 2 heterocycles. The summed E-state index contributed by atoms with van der Waals surface area (Å²) in [5.41, 5.74) is 0.523. The van der Waals surface area contributed by atoms with Gasteiger partial charge in [0.1, 0.15) is 12.4 Å². The van der Waals surface area contributed by atoms with Crippen molar-refractivity contribution in [3.63, 3.8) is 0 Å². The van der Waals surface area contributed by atoms with Gasteiger partial charge in [-0.2, -0.15) is 0 Å². The van der Waals surface area contributed by atoms with E-state index in [9.17, 15) is 9.90 Å². The Bertz CT molecular complexity index is 688. The van der Waals surface area contributed by atoms with Gasteiger partial charge < -0.3 is 23.7 Å². The molecule has 7 heteroatoms. The molecular weight excluding hydrogens is 314 g/mol. The number of methoxy groups -OCH3 is 1. The molecule has 1 atom stereocenters. The number of oxazole rings is 1. The van der Waals surface area contributed by atoms with Crippen LogP contribution in [0.4, 0.5) is 0 Å². The lowest BCUT2D eigenvalue weighted by atomic mass is 10.2. The Hall–Kier alpha value is -2.38. The third-order valence-corrected chi connectivity index (χ3v) is 3.78. The van der Waals surface area contributed by atoms with Crippen molar-refractivity contribution in [2.75, 3.05) is 13.7 Å². The Labute approximate surface area is 139 Å². The van der Waals surface area contributed by atoms with Gasteiger partial charge in [0.05, 0.1) is 7.11 Å². The molecule has 0 spiro atoms. The van der Waals surface area contributed by atoms with Gasteiger partial charge in [-0.1, -0.05) is 0 Å². The highest BCUT2D eigenvalue weighted by Crippen LogP contribution is 2.25. The lowest BCUT2D eigenvalue weighted by molar-refractivity contribution is -0.171. The minimum absolute atomic E-state index is 0.00938. The van der Waals surface area contributed by atoms with Gasteiger partial charge in [0.15, 0.2) is 17.7 Å². The molecule has 0 saturated carbocycles. The molecule has 1 unspecified atom stereocenters. The Morgan fingerprint density at radius 3 is 2.75 bits per heavy atom. The molecule has 2 aromatic rings. The number of carbonyl (C=O) groups is 1. The molecule has 1 saturated heterocycles. The monoisotopic (exact) mass is 333 g/mol. The smallest absolute Gasteiger partial charge is 0.358 e. The fraction of sp³-hybridized carbons (Fsp3) is 0.412. The fourth-order valence-electron chi connectivity index (χ4n) is 2.48. The van der Waals surface area contributed by atoms with Crippen LogP contribution in [0.3, 0.4) is 0 Å². The average Bonchev–Trinajstić information content (AvgIpc) is 3.05. The molecule has 0 aliphatic carbocycles. The Morgan fingerprint density at radius 2 is 2.12 bits per heavy atom. The molecule has 0 radical (unpaired) electrons. The van der Waals surface area contributed by atoms with Crippen LogP contribution in [-0.4, -0.2) is 36.1 Å². The molecule has 1 aliphatic heterocycles. The van der Waals surface area contributed by atoms with Gasteiger partial charge in [-0.3, -0.25) is 0 Å². The zero-order chi connectivity index (χ0) is 16.9. The zero-order valence-corrected chi connectivity index (χ0v) is 13.4. The molecular formula is C17H19NO6. The third-order valence-electron chi connectivity index (χ3n) is 3.78. The highest BCUT2D eigenvalue weighted by molar-refractivity contribution is 5.87. The van der Waals surface area contributed by atoms with Crippen molar-refractivity contribution in [2.24, 2.45) is 0 Å². The van der Waals surface area contributed by atoms with Gasteiger partial charge >= 0.3 is 5.97 Å². The second-order valence-corrected chi connectivity index (χ2v) is 5.43. The number of ether oxygens (including phenoxy) is 3. The van der Waals surface area contributed by atoms with Crippen molar-refractivity contribution in [1.82, 2.24) is 4.98 Å². The zero-order valence-electron chi connectivity index (χ0n) is 13.4. The molecule has 24 heavy (non-hydrogen) atoms. The molecule has 1 aromatic carbocycles. The van der Waals surface area contributed by atoms with Crippen LogP contribution >= 0.6 is 0 Å². The minimum Gasteiger partial charge on any atom is -0.497 e. The first-order valence-corrected chi connectivity index (χ1v) is 7.78. The first-order chi connectivity index (χ1) is 11.7. The Kier molecular flexibility index (Phi) is 5.12. The number of carboxylic acid groups (broad SMARTS) is 1. The van der Waals surface area contributed by atoms with E-state index in [1.54, 1.807) is 31.4 Å². The maximum atomic E-state index is 11.4. The van der Waals surface area contributed by atoms with Crippen LogP contribution in [0.15, 0.2) is 28.7 Å². The molecule has 0 bridgehead atoms. The van der Waals surface area contributed by atoms with Crippen LogP contribution in [0.2, 0.25) is 0 Å². The standard InChI is InChI=1S/C17H19NO6/c1-21-12-7-5-11(6-8-12)16-18-15(17(19)20)13(24-16)10-23-14-4-2-3-9-22-14/h5-8,14H,2-4,9-10H2,1H3,(H,19,20). The van der Waals surface area contributed by atoms with Crippen molar-refractivity contribution >= 4 is 5.97 Å². The van der Waals surface area contributed by atoms with Crippen LogP contribution in [0.1, 0.15) is 35.5 Å². The second-order valence-electron chi connectivity index (χ2n) is 5.43. The number of carboxylic acids is 1. The van der Waals surface area contributed by atoms with E-state index in [0.717, 1.165) is 19.3 Å². The van der Waals surface area contributed by atoms with Crippen molar-refractivity contribution in [3.8, 4) is 17.2 Å². The minimum atomic E-state index is -1.15. The highest BCUT2D eigenvalue weighted by atomic mass is 16.7. The van der Waals surface area contributed by atoms with Gasteiger partial charge in [-0.05, 0) is 43.5 Å². The van der Waals surface area contributed by atoms with Gasteiger partial charge in [-0.15, -0.1) is 0 Å². The number of benzene rings is 1. The van der Waals surface area contributed by atoms with Crippen LogP contribution in [-0.2, 0) is 16.1 Å². The number of hydrogen-bond donors (Lipinski definition) is 1. The first kappa shape index (κ1) is 16.5. The molecule has 128 valence electrons. The Balaban J connectivity index is 1.77. The number of aromatic carboxylic acids is 1. The van der Waals surface area contributed by atoms with Crippen molar-refractivity contribution in [3.05, 3.63) is 35.7 Å². The summed E-state index contributed by atoms with van der Waals surface area (Å²) in [6.45, 7) is 0.666. The normalized spacial score (nSPS) is 17.6. The number of hydrogen-bond acceptors (Lipinski definition) is 6. The highest BCUT2D eigenvalue weighted by Gasteiger charge is 2.22. The van der Waals surface area contributed by atoms with Gasteiger partial charge in [0.25, 0.3) is 0 Å². The summed E-state index contributed by atoms with van der Waals surface area (Å²) in [4.78, 5) is 15.5. The van der Waals surface area contributed by atoms with E-state index in [1.165, 1.54) is 0 Å². The first-order valence-electron chi connectivity index (χ1n) is 7.78. The van der Waals surface area contributed by atoms with Gasteiger partial charge in [0, 0.05) is 12.2 Å². The van der Waals surface area contributed by atoms with E-state index in [4.69, 9.17) is 18.6 Å². The van der Waals surface area contributed by atoms with Crippen LogP contribution in [0.25, 0.3) is 11.5 Å². The van der Waals surface area contributed by atoms with E-state index < -0.39 is 5.97 Å². The SMILES string of the molecule is COc1ccc(-c2nc(C(=O)O)c(COC3CCCCO3)o2)cc1. The summed E-state index contributed by atoms with van der Waals surface area (Å²) in [6.07, 6.45) is 2.52. The van der Waals surface area contributed by atoms with Crippen molar-refractivity contribution in [2.45, 2.75) is 32.2 Å². The van der Waals surface area contributed by atoms with E-state index in [2.05, 4.69) is 4.98 Å². The van der Waals surface area contributed by atoms with Crippen LogP contribution < -0.4 is 4.74 Å². The van der Waals surface area contributed by atoms with E-state index >= 15 is 0 Å². The summed E-state index contributed by atoms with van der Waals surface area (Å²) >= 11 is 0. The van der Waals surface area contributed by atoms with Crippen LogP contribution in [0.5, 0.6) is 5.75 Å². The summed E-state index contributed by atoms with van der Waals surface area (Å²) in [5.74, 6) is -0.0378. The molecule has 1 N–H and O–H groups in total. The number of rotatable bonds is 6. The predicted octanol–water partition coefficient (Wildman–Crippen LogP) is 3.09. The fourth-order valence-corrected chi connectivity index (χ4v) is 2.48. The molecule has 3 rings (SSSR count). The topological polar surface area (TPSA) is 91.0 Å². The summed E-state index contributed by atoms with van der Waals surface area (Å²) in [7, 11) is 1.57. The third kappa shape index (κ3) is 3.74. The molecule has 1 aromatic heterocycles. The van der Waals surface area contributed by atoms with Gasteiger partial charge in [0.2, 0.25) is 5.89 Å². The van der Waals surface area contributed by atoms with Crippen LogP contribution in [0, 0.1) is 0 Å². The molecule has 7 nitrogen and oxygen atoms in total. The number of aromatic nitrogens is 1. The average molecular weight is 333 g/mol. The maximum absolute atomic E-state index is 11.4. The van der Waals surface area contributed by atoms with Crippen molar-refractivity contribution < 1.29 is 28.5 Å². The predicted molar refractivity (Wildman–Crippen MR) is 83.8 cm³/mol. The van der Waals surface area contributed by atoms with E-state index in [-0.39, 0.29) is 30.2 Å². The largest absolute Gasteiger partial charge is 0.497 e. The second kappa shape index (κ2) is 7.46. The van der Waals surface area contributed by atoms with E-state index in [1.807, 2.05) is 0 Å². The summed E-state index contributed by atoms with van der Waals surface area (Å²) in [6, 6.07) is 7.02. The molecule has 1 aliphatic rings. The molecule has 0 amide bonds. The van der Waals surface area contributed by atoms with E-state index in [0.29, 0.717) is 17.9 Å². The van der Waals surface area contributed by atoms with Gasteiger partial charge in [-0.25, -0.2) is 9.78 Å². The molecule has 1 fully saturated rings.